The summed E-state index contributed by atoms with van der Waals surface area (Å²) in [7, 11) is 0. The molecule has 2 atom stereocenters. The lowest BCUT2D eigenvalue weighted by molar-refractivity contribution is -0.128. The molecule has 2 aliphatic carbocycles. The van der Waals surface area contributed by atoms with Crippen LogP contribution in [0.1, 0.15) is 54.5 Å². The fourth-order valence-electron chi connectivity index (χ4n) is 5.26. The van der Waals surface area contributed by atoms with E-state index in [9.17, 15) is 4.79 Å². The molecule has 148 valence electrons. The fourth-order valence-corrected chi connectivity index (χ4v) is 5.26. The van der Waals surface area contributed by atoms with Gasteiger partial charge in [-0.3, -0.25) is 4.79 Å². The Labute approximate surface area is 168 Å². The molecule has 0 aliphatic heterocycles. The molecule has 0 spiro atoms. The van der Waals surface area contributed by atoms with Gasteiger partial charge < -0.3 is 16.0 Å². The maximum atomic E-state index is 12.8. The summed E-state index contributed by atoms with van der Waals surface area (Å²) in [5.41, 5.74) is 12.4. The molecule has 2 fully saturated rings. The predicted molar refractivity (Wildman–Crippen MR) is 113 cm³/mol. The molecule has 1 aromatic carbocycles. The van der Waals surface area contributed by atoms with Crippen molar-refractivity contribution in [1.29, 1.82) is 0 Å². The molecule has 1 amide bonds. The van der Waals surface area contributed by atoms with Crippen LogP contribution < -0.4 is 11.1 Å². The smallest absolute Gasteiger partial charge is 0.223 e. The Morgan fingerprint density at radius 3 is 2.52 bits per heavy atom. The molecule has 2 saturated carbocycles. The van der Waals surface area contributed by atoms with Gasteiger partial charge >= 0.3 is 0 Å². The summed E-state index contributed by atoms with van der Waals surface area (Å²) in [6, 6.07) is 4.72. The van der Waals surface area contributed by atoms with E-state index in [1.165, 1.54) is 47.0 Å². The van der Waals surface area contributed by atoms with Crippen molar-refractivity contribution in [3.8, 4) is 0 Å². The van der Waals surface area contributed by atoms with Gasteiger partial charge in [-0.05, 0) is 75.5 Å². The molecule has 4 rings (SSSR count). The lowest BCUT2D eigenvalue weighted by Gasteiger charge is -2.43. The summed E-state index contributed by atoms with van der Waals surface area (Å²) >= 11 is 0. The number of nitrogens with two attached hydrogens (primary N) is 1. The number of amides is 1. The van der Waals surface area contributed by atoms with Crippen molar-refractivity contribution < 1.29 is 4.79 Å². The van der Waals surface area contributed by atoms with Crippen LogP contribution in [-0.4, -0.2) is 16.9 Å². The molecule has 1 aromatic heterocycles. The van der Waals surface area contributed by atoms with E-state index in [0.29, 0.717) is 24.4 Å². The number of rotatable bonds is 3. The van der Waals surface area contributed by atoms with Crippen molar-refractivity contribution in [2.24, 2.45) is 23.5 Å². The van der Waals surface area contributed by atoms with Crippen LogP contribution in [0, 0.1) is 38.5 Å². The second-order valence-electron chi connectivity index (χ2n) is 8.64. The summed E-state index contributed by atoms with van der Waals surface area (Å²) in [4.78, 5) is 16.3. The third-order valence-corrected chi connectivity index (χ3v) is 6.88. The quantitative estimate of drug-likeness (QED) is 0.732. The van der Waals surface area contributed by atoms with Crippen molar-refractivity contribution in [3.05, 3.63) is 34.5 Å². The van der Waals surface area contributed by atoms with Crippen molar-refractivity contribution in [1.82, 2.24) is 10.3 Å². The van der Waals surface area contributed by atoms with Gasteiger partial charge in [0.05, 0.1) is 5.52 Å². The Hall–Kier alpha value is -1.52. The second-order valence-corrected chi connectivity index (χ2v) is 8.64. The first-order valence-corrected chi connectivity index (χ1v) is 10.1. The van der Waals surface area contributed by atoms with Gasteiger partial charge in [-0.1, -0.05) is 18.1 Å². The number of hydrogen-bond acceptors (Lipinski definition) is 2. The summed E-state index contributed by atoms with van der Waals surface area (Å²) < 4.78 is 0. The van der Waals surface area contributed by atoms with Crippen molar-refractivity contribution in [2.45, 2.75) is 65.5 Å². The predicted octanol–water partition coefficient (Wildman–Crippen LogP) is 4.28. The van der Waals surface area contributed by atoms with Gasteiger partial charge in [0.1, 0.15) is 0 Å². The van der Waals surface area contributed by atoms with E-state index >= 15 is 0 Å². The highest BCUT2D eigenvalue weighted by molar-refractivity contribution is 5.88. The van der Waals surface area contributed by atoms with Gasteiger partial charge in [-0.15, -0.1) is 12.4 Å². The monoisotopic (exact) mass is 389 g/mol. The van der Waals surface area contributed by atoms with Crippen LogP contribution in [0.4, 0.5) is 0 Å². The molecule has 0 radical (unpaired) electrons. The SMILES string of the molecule is Cc1cc(CNC(=O)C2CC3CCCC(C2)C3N)c2[nH]c(C)c(C)c2c1.Cl. The second kappa shape index (κ2) is 7.84. The molecule has 2 aromatic rings. The number of halogens is 1. The average Bonchev–Trinajstić information content (AvgIpc) is 2.87. The average molecular weight is 390 g/mol. The number of aromatic nitrogens is 1. The Bertz CT molecular complexity index is 830. The third kappa shape index (κ3) is 3.74. The lowest BCUT2D eigenvalue weighted by atomic mass is 9.65. The minimum atomic E-state index is 0. The number of nitrogens with one attached hydrogen (secondary N) is 2. The number of fused-ring (bicyclic) bond motifs is 3. The van der Waals surface area contributed by atoms with E-state index in [0.717, 1.165) is 18.4 Å². The standard InChI is InChI=1S/C22H31N3O.ClH/c1-12-7-18(21-19(8-12)13(2)14(3)25-21)11-24-22(26)17-9-15-5-4-6-16(10-17)20(15)23;/h7-8,15-17,20,25H,4-6,9-11,23H2,1-3H3,(H,24,26);1H. The molecular weight excluding hydrogens is 358 g/mol. The Kier molecular flexibility index (Phi) is 5.87. The van der Waals surface area contributed by atoms with Crippen LogP contribution >= 0.6 is 12.4 Å². The number of carbonyl (C=O) groups excluding carboxylic acids is 1. The highest BCUT2D eigenvalue weighted by Gasteiger charge is 2.40. The maximum absolute atomic E-state index is 12.8. The van der Waals surface area contributed by atoms with Crippen molar-refractivity contribution >= 4 is 29.2 Å². The third-order valence-electron chi connectivity index (χ3n) is 6.88. The number of carbonyl (C=O) groups is 1. The molecule has 2 unspecified atom stereocenters. The van der Waals surface area contributed by atoms with E-state index in [1.807, 2.05) is 0 Å². The molecule has 5 heteroatoms. The van der Waals surface area contributed by atoms with Crippen LogP contribution in [0.15, 0.2) is 12.1 Å². The topological polar surface area (TPSA) is 70.9 Å². The van der Waals surface area contributed by atoms with Gasteiger partial charge in [0.2, 0.25) is 5.91 Å². The number of aromatic amines is 1. The Morgan fingerprint density at radius 1 is 1.19 bits per heavy atom. The van der Waals surface area contributed by atoms with Crippen molar-refractivity contribution in [3.63, 3.8) is 0 Å². The minimum Gasteiger partial charge on any atom is -0.358 e. The molecule has 4 nitrogen and oxygen atoms in total. The zero-order valence-corrected chi connectivity index (χ0v) is 17.4. The minimum absolute atomic E-state index is 0. The number of benzene rings is 1. The molecular formula is C22H32ClN3O. The van der Waals surface area contributed by atoms with Gasteiger partial charge in [0.25, 0.3) is 0 Å². The molecule has 27 heavy (non-hydrogen) atoms. The number of aryl methyl sites for hydroxylation is 3. The maximum Gasteiger partial charge on any atom is 0.223 e. The number of hydrogen-bond donors (Lipinski definition) is 3. The first-order chi connectivity index (χ1) is 12.4. The molecule has 4 N–H and O–H groups in total. The number of H-pyrrole nitrogens is 1. The molecule has 0 saturated heterocycles. The van der Waals surface area contributed by atoms with Crippen LogP contribution in [0.2, 0.25) is 0 Å². The summed E-state index contributed by atoms with van der Waals surface area (Å²) in [5, 5.41) is 4.49. The van der Waals surface area contributed by atoms with Crippen LogP contribution in [-0.2, 0) is 11.3 Å². The first kappa shape index (κ1) is 20.2. The van der Waals surface area contributed by atoms with Crippen molar-refractivity contribution in [2.75, 3.05) is 0 Å². The van der Waals surface area contributed by atoms with Gasteiger partial charge in [0, 0.05) is 29.6 Å². The Morgan fingerprint density at radius 2 is 1.85 bits per heavy atom. The van der Waals surface area contributed by atoms with Gasteiger partial charge in [-0.2, -0.15) is 0 Å². The molecule has 1 heterocycles. The molecule has 2 aliphatic rings. The van der Waals surface area contributed by atoms with Gasteiger partial charge in [-0.25, -0.2) is 0 Å². The van der Waals surface area contributed by atoms with E-state index in [4.69, 9.17) is 5.73 Å². The Balaban J connectivity index is 0.00000210. The van der Waals surface area contributed by atoms with Gasteiger partial charge in [0.15, 0.2) is 0 Å². The van der Waals surface area contributed by atoms with Crippen LogP contribution in [0.5, 0.6) is 0 Å². The lowest BCUT2D eigenvalue weighted by Crippen LogP contribution is -2.49. The zero-order chi connectivity index (χ0) is 18.4. The van der Waals surface area contributed by atoms with E-state index < -0.39 is 0 Å². The highest BCUT2D eigenvalue weighted by Crippen LogP contribution is 2.42. The van der Waals surface area contributed by atoms with Crippen LogP contribution in [0.3, 0.4) is 0 Å². The summed E-state index contributed by atoms with van der Waals surface area (Å²) in [6.45, 7) is 6.97. The molecule has 2 bridgehead atoms. The van der Waals surface area contributed by atoms with Crippen LogP contribution in [0.25, 0.3) is 10.9 Å². The summed E-state index contributed by atoms with van der Waals surface area (Å²) in [5.74, 6) is 1.43. The van der Waals surface area contributed by atoms with E-state index in [2.05, 4.69) is 43.2 Å². The van der Waals surface area contributed by atoms with E-state index in [-0.39, 0.29) is 24.2 Å². The normalized spacial score (nSPS) is 27.3. The first-order valence-electron chi connectivity index (χ1n) is 10.1. The highest BCUT2D eigenvalue weighted by atomic mass is 35.5. The van der Waals surface area contributed by atoms with E-state index in [1.54, 1.807) is 0 Å². The summed E-state index contributed by atoms with van der Waals surface area (Å²) in [6.07, 6.45) is 5.60. The largest absolute Gasteiger partial charge is 0.358 e. The zero-order valence-electron chi connectivity index (χ0n) is 16.6. The fraction of sp³-hybridized carbons (Fsp3) is 0.591.